The molecule has 0 radical (unpaired) electrons. The SMILES string of the molecule is CCNC(=NCCCN1CCCC1=O)NCCN(C)C(C)C. The molecule has 0 bridgehead atoms. The number of rotatable bonds is 9. The number of hydrogen-bond acceptors (Lipinski definition) is 3. The van der Waals surface area contributed by atoms with Gasteiger partial charge in [0.1, 0.15) is 0 Å². The molecular formula is C16H33N5O. The van der Waals surface area contributed by atoms with Gasteiger partial charge in [-0.05, 0) is 40.7 Å². The molecular weight excluding hydrogens is 278 g/mol. The number of amides is 1. The van der Waals surface area contributed by atoms with Gasteiger partial charge in [-0.2, -0.15) is 0 Å². The van der Waals surface area contributed by atoms with Crippen LogP contribution in [0.25, 0.3) is 0 Å². The van der Waals surface area contributed by atoms with E-state index in [2.05, 4.69) is 48.3 Å². The summed E-state index contributed by atoms with van der Waals surface area (Å²) in [5, 5.41) is 6.62. The van der Waals surface area contributed by atoms with Crippen LogP contribution in [0, 0.1) is 0 Å². The van der Waals surface area contributed by atoms with Gasteiger partial charge in [0.25, 0.3) is 0 Å². The smallest absolute Gasteiger partial charge is 0.222 e. The van der Waals surface area contributed by atoms with Crippen molar-refractivity contribution in [2.45, 2.75) is 46.1 Å². The molecule has 1 aliphatic heterocycles. The minimum absolute atomic E-state index is 0.297. The molecule has 0 aromatic carbocycles. The number of aliphatic imine (C=N–C) groups is 1. The first-order valence-corrected chi connectivity index (χ1v) is 8.54. The third-order valence-electron chi connectivity index (χ3n) is 4.01. The number of carbonyl (C=O) groups is 1. The van der Waals surface area contributed by atoms with Crippen molar-refractivity contribution in [3.05, 3.63) is 0 Å². The van der Waals surface area contributed by atoms with Crippen LogP contribution in [0.1, 0.15) is 40.0 Å². The molecule has 1 amide bonds. The fourth-order valence-electron chi connectivity index (χ4n) is 2.34. The van der Waals surface area contributed by atoms with Gasteiger partial charge in [0, 0.05) is 51.7 Å². The summed E-state index contributed by atoms with van der Waals surface area (Å²) in [6, 6.07) is 0.555. The normalized spacial score (nSPS) is 16.0. The Bertz CT molecular complexity index is 356. The van der Waals surface area contributed by atoms with Gasteiger partial charge < -0.3 is 20.4 Å². The third-order valence-corrected chi connectivity index (χ3v) is 4.01. The Labute approximate surface area is 135 Å². The number of likely N-dealkylation sites (tertiary alicyclic amines) is 1. The largest absolute Gasteiger partial charge is 0.357 e. The second-order valence-corrected chi connectivity index (χ2v) is 6.10. The summed E-state index contributed by atoms with van der Waals surface area (Å²) in [4.78, 5) is 20.4. The van der Waals surface area contributed by atoms with Crippen LogP contribution in [0.3, 0.4) is 0 Å². The van der Waals surface area contributed by atoms with Crippen LogP contribution in [-0.4, -0.2) is 74.0 Å². The fourth-order valence-corrected chi connectivity index (χ4v) is 2.34. The summed E-state index contributed by atoms with van der Waals surface area (Å²) in [6.07, 6.45) is 2.65. The summed E-state index contributed by atoms with van der Waals surface area (Å²) >= 11 is 0. The highest BCUT2D eigenvalue weighted by Gasteiger charge is 2.18. The van der Waals surface area contributed by atoms with Gasteiger partial charge in [-0.15, -0.1) is 0 Å². The highest BCUT2D eigenvalue weighted by atomic mass is 16.2. The Morgan fingerprint density at radius 2 is 2.18 bits per heavy atom. The molecule has 22 heavy (non-hydrogen) atoms. The highest BCUT2D eigenvalue weighted by Crippen LogP contribution is 2.09. The van der Waals surface area contributed by atoms with Gasteiger partial charge in [0.15, 0.2) is 5.96 Å². The first kappa shape index (κ1) is 18.7. The lowest BCUT2D eigenvalue weighted by atomic mass is 10.3. The maximum Gasteiger partial charge on any atom is 0.222 e. The standard InChI is InChI=1S/C16H33N5O/c1-5-17-16(19-10-13-20(4)14(2)3)18-9-7-12-21-11-6-8-15(21)22/h14H,5-13H2,1-4H3,(H2,17,18,19). The zero-order valence-corrected chi connectivity index (χ0v) is 14.7. The first-order valence-electron chi connectivity index (χ1n) is 8.54. The number of likely N-dealkylation sites (N-methyl/N-ethyl adjacent to an activating group) is 1. The number of hydrogen-bond donors (Lipinski definition) is 2. The molecule has 0 spiro atoms. The van der Waals surface area contributed by atoms with Crippen molar-refractivity contribution in [2.24, 2.45) is 4.99 Å². The molecule has 128 valence electrons. The highest BCUT2D eigenvalue weighted by molar-refractivity contribution is 5.79. The summed E-state index contributed by atoms with van der Waals surface area (Å²) < 4.78 is 0. The summed E-state index contributed by atoms with van der Waals surface area (Å²) in [5.74, 6) is 1.16. The molecule has 0 aromatic rings. The van der Waals surface area contributed by atoms with Crippen molar-refractivity contribution in [3.63, 3.8) is 0 Å². The Morgan fingerprint density at radius 3 is 2.77 bits per heavy atom. The molecule has 1 aliphatic rings. The molecule has 6 nitrogen and oxygen atoms in total. The van der Waals surface area contributed by atoms with E-state index in [1.165, 1.54) is 0 Å². The predicted molar refractivity (Wildman–Crippen MR) is 92.2 cm³/mol. The van der Waals surface area contributed by atoms with E-state index in [0.29, 0.717) is 11.9 Å². The van der Waals surface area contributed by atoms with Gasteiger partial charge in [-0.1, -0.05) is 0 Å². The maximum absolute atomic E-state index is 11.5. The average Bonchev–Trinajstić information content (AvgIpc) is 2.88. The maximum atomic E-state index is 11.5. The van der Waals surface area contributed by atoms with Crippen LogP contribution >= 0.6 is 0 Å². The van der Waals surface area contributed by atoms with Gasteiger partial charge in [0.2, 0.25) is 5.91 Å². The summed E-state index contributed by atoms with van der Waals surface area (Å²) in [5.41, 5.74) is 0. The minimum atomic E-state index is 0.297. The van der Waals surface area contributed by atoms with Gasteiger partial charge >= 0.3 is 0 Å². The topological polar surface area (TPSA) is 60.0 Å². The van der Waals surface area contributed by atoms with E-state index < -0.39 is 0 Å². The molecule has 1 rings (SSSR count). The number of guanidine groups is 1. The van der Waals surface area contributed by atoms with E-state index in [0.717, 1.165) is 64.5 Å². The number of carbonyl (C=O) groups excluding carboxylic acids is 1. The summed E-state index contributed by atoms with van der Waals surface area (Å²) in [6.45, 7) is 11.7. The van der Waals surface area contributed by atoms with Crippen molar-refractivity contribution in [1.29, 1.82) is 0 Å². The number of nitrogens with one attached hydrogen (secondary N) is 2. The molecule has 6 heteroatoms. The predicted octanol–water partition coefficient (Wildman–Crippen LogP) is 0.894. The van der Waals surface area contributed by atoms with E-state index in [-0.39, 0.29) is 0 Å². The Morgan fingerprint density at radius 1 is 1.41 bits per heavy atom. The minimum Gasteiger partial charge on any atom is -0.357 e. The van der Waals surface area contributed by atoms with Crippen molar-refractivity contribution < 1.29 is 4.79 Å². The van der Waals surface area contributed by atoms with Crippen LogP contribution in [0.4, 0.5) is 0 Å². The monoisotopic (exact) mass is 311 g/mol. The average molecular weight is 311 g/mol. The molecule has 0 aromatic heterocycles. The molecule has 0 aliphatic carbocycles. The Balaban J connectivity index is 2.24. The lowest BCUT2D eigenvalue weighted by Crippen LogP contribution is -2.42. The zero-order chi connectivity index (χ0) is 16.4. The van der Waals surface area contributed by atoms with Crippen molar-refractivity contribution in [1.82, 2.24) is 20.4 Å². The second-order valence-electron chi connectivity index (χ2n) is 6.10. The molecule has 1 fully saturated rings. The lowest BCUT2D eigenvalue weighted by Gasteiger charge is -2.21. The van der Waals surface area contributed by atoms with E-state index in [4.69, 9.17) is 0 Å². The van der Waals surface area contributed by atoms with Crippen molar-refractivity contribution >= 4 is 11.9 Å². The fraction of sp³-hybridized carbons (Fsp3) is 0.875. The van der Waals surface area contributed by atoms with Crippen molar-refractivity contribution in [2.75, 3.05) is 46.3 Å². The van der Waals surface area contributed by atoms with E-state index in [1.54, 1.807) is 0 Å². The summed E-state index contributed by atoms with van der Waals surface area (Å²) in [7, 11) is 2.13. The third kappa shape index (κ3) is 7.11. The molecule has 0 saturated carbocycles. The Kier molecular flexibility index (Phi) is 8.89. The van der Waals surface area contributed by atoms with Gasteiger partial charge in [-0.25, -0.2) is 0 Å². The Hall–Kier alpha value is -1.30. The lowest BCUT2D eigenvalue weighted by molar-refractivity contribution is -0.127. The van der Waals surface area contributed by atoms with Gasteiger partial charge in [-0.3, -0.25) is 9.79 Å². The van der Waals surface area contributed by atoms with Crippen LogP contribution < -0.4 is 10.6 Å². The van der Waals surface area contributed by atoms with Crippen LogP contribution in [0.5, 0.6) is 0 Å². The van der Waals surface area contributed by atoms with E-state index in [9.17, 15) is 4.79 Å². The van der Waals surface area contributed by atoms with Gasteiger partial charge in [0.05, 0.1) is 0 Å². The zero-order valence-electron chi connectivity index (χ0n) is 14.7. The second kappa shape index (κ2) is 10.4. The molecule has 1 heterocycles. The molecule has 0 unspecified atom stereocenters. The number of nitrogens with zero attached hydrogens (tertiary/aromatic N) is 3. The van der Waals surface area contributed by atoms with E-state index >= 15 is 0 Å². The molecule has 1 saturated heterocycles. The van der Waals surface area contributed by atoms with E-state index in [1.807, 2.05) is 4.90 Å². The molecule has 0 atom stereocenters. The van der Waals surface area contributed by atoms with Crippen molar-refractivity contribution in [3.8, 4) is 0 Å². The molecule has 2 N–H and O–H groups in total. The quantitative estimate of drug-likeness (QED) is 0.377. The van der Waals surface area contributed by atoms with Crippen LogP contribution in [-0.2, 0) is 4.79 Å². The van der Waals surface area contributed by atoms with Crippen LogP contribution in [0.2, 0.25) is 0 Å². The van der Waals surface area contributed by atoms with Crippen LogP contribution in [0.15, 0.2) is 4.99 Å². The first-order chi connectivity index (χ1) is 10.5.